The smallest absolute Gasteiger partial charge is 0.266 e. The number of rotatable bonds is 17. The van der Waals surface area contributed by atoms with E-state index in [1.807, 2.05) is 81.4 Å². The summed E-state index contributed by atoms with van der Waals surface area (Å²) in [6.07, 6.45) is 8.57. The third-order valence-corrected chi connectivity index (χ3v) is 14.0. The number of nitrogens with one attached hydrogen (secondary N) is 3. The quantitative estimate of drug-likeness (QED) is 0.0779. The number of amides is 4. The number of halogens is 2. The molecule has 4 atom stereocenters. The Hall–Kier alpha value is -5.62. The van der Waals surface area contributed by atoms with Crippen LogP contribution in [0.1, 0.15) is 121 Å². The zero-order valence-corrected chi connectivity index (χ0v) is 40.0. The zero-order chi connectivity index (χ0) is 47.9. The summed E-state index contributed by atoms with van der Waals surface area (Å²) in [5.41, 5.74) is 5.03. The van der Waals surface area contributed by atoms with E-state index in [1.54, 1.807) is 34.8 Å². The number of thiazole rings is 1. The van der Waals surface area contributed by atoms with Crippen LogP contribution in [-0.4, -0.2) is 115 Å². The van der Waals surface area contributed by atoms with Crippen LogP contribution >= 0.6 is 11.3 Å². The topological polar surface area (TPSA) is 186 Å². The molecule has 0 unspecified atom stereocenters. The van der Waals surface area contributed by atoms with Crippen LogP contribution in [0, 0.1) is 12.3 Å². The van der Waals surface area contributed by atoms with Gasteiger partial charge in [-0.25, -0.2) is 23.7 Å². The van der Waals surface area contributed by atoms with Gasteiger partial charge in [-0.05, 0) is 79.7 Å². The molecule has 0 aliphatic carbocycles. The van der Waals surface area contributed by atoms with Gasteiger partial charge in [0.2, 0.25) is 23.6 Å². The number of aromatic nitrogens is 4. The molecule has 3 fully saturated rings. The fourth-order valence-corrected chi connectivity index (χ4v) is 10.0. The molecule has 0 radical (unpaired) electrons. The SMILES string of the molecule is Cc1ncsc1-c1ccc([C@H](C)NC(=O)[C@@H]2C[C@@H](O)CN2C(=O)[C@@H](NC(=O)CCCCCCC(=O)N2CCC(c3cc(Nc4cnccn4)nc(N4CCC(F)(F)C4)c3)CC2)C(C)(C)C)cc1. The van der Waals surface area contributed by atoms with Gasteiger partial charge in [-0.2, -0.15) is 0 Å². The number of anilines is 3. The third-order valence-electron chi connectivity index (χ3n) is 13.1. The molecule has 4 aromatic rings. The molecule has 7 rings (SSSR count). The molecule has 3 saturated heterocycles. The number of piperidine rings is 1. The van der Waals surface area contributed by atoms with Gasteiger partial charge < -0.3 is 35.8 Å². The van der Waals surface area contributed by atoms with Crippen molar-refractivity contribution in [1.29, 1.82) is 0 Å². The van der Waals surface area contributed by atoms with Crippen molar-refractivity contribution in [3.05, 3.63) is 77.3 Å². The van der Waals surface area contributed by atoms with Crippen molar-refractivity contribution < 1.29 is 33.1 Å². The number of carbonyl (C=O) groups excluding carboxylic acids is 4. The first-order valence-corrected chi connectivity index (χ1v) is 24.4. The minimum absolute atomic E-state index is 0.00632. The van der Waals surface area contributed by atoms with Gasteiger partial charge in [0.1, 0.15) is 29.5 Å². The van der Waals surface area contributed by atoms with Crippen molar-refractivity contribution in [3.8, 4) is 10.4 Å². The zero-order valence-electron chi connectivity index (χ0n) is 39.1. The Bertz CT molecular complexity index is 2340. The fraction of sp³-hybridized carbons (Fsp3) is 0.551. The van der Waals surface area contributed by atoms with Crippen LogP contribution in [0.25, 0.3) is 10.4 Å². The maximum Gasteiger partial charge on any atom is 0.266 e. The fourth-order valence-electron chi connectivity index (χ4n) is 9.21. The number of benzene rings is 1. The highest BCUT2D eigenvalue weighted by atomic mass is 32.1. The minimum atomic E-state index is -2.76. The monoisotopic (exact) mass is 942 g/mol. The average Bonchev–Trinajstić information content (AvgIpc) is 4.03. The van der Waals surface area contributed by atoms with E-state index in [2.05, 4.69) is 35.9 Å². The van der Waals surface area contributed by atoms with Crippen molar-refractivity contribution in [2.45, 2.75) is 135 Å². The van der Waals surface area contributed by atoms with E-state index in [0.29, 0.717) is 49.8 Å². The van der Waals surface area contributed by atoms with Crippen LogP contribution in [0.4, 0.5) is 26.2 Å². The number of unbranched alkanes of at least 4 members (excludes halogenated alkanes) is 3. The number of aryl methyl sites for hydroxylation is 1. The summed E-state index contributed by atoms with van der Waals surface area (Å²) in [5, 5.41) is 19.8. The Labute approximate surface area is 395 Å². The summed E-state index contributed by atoms with van der Waals surface area (Å²) in [7, 11) is 0. The molecule has 0 spiro atoms. The number of hydrogen-bond acceptors (Lipinski definition) is 12. The lowest BCUT2D eigenvalue weighted by molar-refractivity contribution is -0.144. The van der Waals surface area contributed by atoms with Crippen LogP contribution in [0.3, 0.4) is 0 Å². The second-order valence-corrected chi connectivity index (χ2v) is 20.2. The van der Waals surface area contributed by atoms with Crippen molar-refractivity contribution in [3.63, 3.8) is 0 Å². The van der Waals surface area contributed by atoms with Gasteiger partial charge in [-0.15, -0.1) is 11.3 Å². The Morgan fingerprint density at radius 2 is 1.67 bits per heavy atom. The molecule has 4 amide bonds. The predicted molar refractivity (Wildman–Crippen MR) is 254 cm³/mol. The first-order chi connectivity index (χ1) is 31.9. The van der Waals surface area contributed by atoms with Gasteiger partial charge in [-0.1, -0.05) is 57.9 Å². The predicted octanol–water partition coefficient (Wildman–Crippen LogP) is 7.31. The molecule has 15 nitrogen and oxygen atoms in total. The second-order valence-electron chi connectivity index (χ2n) is 19.3. The van der Waals surface area contributed by atoms with Crippen LogP contribution < -0.4 is 20.9 Å². The highest BCUT2D eigenvalue weighted by Crippen LogP contribution is 2.36. The molecule has 3 aliphatic heterocycles. The largest absolute Gasteiger partial charge is 0.391 e. The highest BCUT2D eigenvalue weighted by molar-refractivity contribution is 7.13. The number of aliphatic hydroxyl groups is 1. The molecule has 3 aliphatic rings. The van der Waals surface area contributed by atoms with Gasteiger partial charge in [0.25, 0.3) is 5.92 Å². The van der Waals surface area contributed by atoms with Crippen LogP contribution in [0.15, 0.2) is 60.5 Å². The first-order valence-electron chi connectivity index (χ1n) is 23.5. The molecule has 67 heavy (non-hydrogen) atoms. The normalized spacial score (nSPS) is 19.6. The Balaban J connectivity index is 0.838. The maximum atomic E-state index is 14.2. The van der Waals surface area contributed by atoms with Gasteiger partial charge in [0.15, 0.2) is 0 Å². The van der Waals surface area contributed by atoms with Gasteiger partial charge in [0, 0.05) is 64.3 Å². The summed E-state index contributed by atoms with van der Waals surface area (Å²) in [6.45, 7) is 10.5. The number of hydrogen-bond donors (Lipinski definition) is 4. The number of aliphatic hydroxyl groups excluding tert-OH is 1. The molecule has 360 valence electrons. The van der Waals surface area contributed by atoms with E-state index < -0.39 is 35.4 Å². The molecule has 4 N–H and O–H groups in total. The van der Waals surface area contributed by atoms with Gasteiger partial charge >= 0.3 is 0 Å². The summed E-state index contributed by atoms with van der Waals surface area (Å²) >= 11 is 1.57. The molecule has 3 aromatic heterocycles. The standard InChI is InChI=1S/C49H64F2N10O5S/c1-31(33-12-14-35(15-13-33)44-32(2)54-30-67-44)55-46(65)38-26-37(62)28-61(38)47(66)45(48(3,4)5)58-42(63)10-8-6-7-9-11-43(64)59-21-16-34(17-22-59)36-24-39(56-40-27-52-19-20-53-40)57-41(25-36)60-23-18-49(50,51)29-60/h12-15,19-20,24-25,27,30-31,34,37-38,45,62H,6-11,16-18,21-23,26,28-29H2,1-5H3,(H,55,65)(H,58,63)(H,53,56,57)/t31-,37+,38-,45+/m0/s1. The summed E-state index contributed by atoms with van der Waals surface area (Å²) in [5.74, 6) is -2.09. The summed E-state index contributed by atoms with van der Waals surface area (Å²) in [4.78, 5) is 77.7. The van der Waals surface area contributed by atoms with Crippen molar-refractivity contribution in [1.82, 2.24) is 40.4 Å². The van der Waals surface area contributed by atoms with Gasteiger partial charge in [0.05, 0.1) is 41.0 Å². The van der Waals surface area contributed by atoms with Crippen LogP contribution in [0.2, 0.25) is 0 Å². The number of alkyl halides is 2. The van der Waals surface area contributed by atoms with Crippen LogP contribution in [0.5, 0.6) is 0 Å². The van der Waals surface area contributed by atoms with E-state index in [0.717, 1.165) is 52.9 Å². The van der Waals surface area contributed by atoms with E-state index >= 15 is 0 Å². The lowest BCUT2D eigenvalue weighted by Gasteiger charge is -2.35. The summed E-state index contributed by atoms with van der Waals surface area (Å²) < 4.78 is 28.3. The number of pyridine rings is 1. The Kier molecular flexibility index (Phi) is 15.9. The maximum absolute atomic E-state index is 14.2. The molecule has 6 heterocycles. The van der Waals surface area contributed by atoms with E-state index in [4.69, 9.17) is 0 Å². The Morgan fingerprint density at radius 1 is 0.940 bits per heavy atom. The van der Waals surface area contributed by atoms with Gasteiger partial charge in [-0.3, -0.25) is 24.2 Å². The Morgan fingerprint density at radius 3 is 2.31 bits per heavy atom. The van der Waals surface area contributed by atoms with Crippen molar-refractivity contribution >= 4 is 52.4 Å². The molecule has 1 aromatic carbocycles. The van der Waals surface area contributed by atoms with E-state index in [9.17, 15) is 33.1 Å². The lowest BCUT2D eigenvalue weighted by Crippen LogP contribution is -2.57. The molecular formula is C49H64F2N10O5S. The van der Waals surface area contributed by atoms with Crippen LogP contribution in [-0.2, 0) is 19.2 Å². The molecule has 0 bridgehead atoms. The van der Waals surface area contributed by atoms with Crippen molar-refractivity contribution in [2.24, 2.45) is 5.41 Å². The average molecular weight is 943 g/mol. The highest BCUT2D eigenvalue weighted by Gasteiger charge is 2.45. The van der Waals surface area contributed by atoms with E-state index in [1.165, 1.54) is 4.90 Å². The van der Waals surface area contributed by atoms with E-state index in [-0.39, 0.29) is 68.6 Å². The number of nitrogens with zero attached hydrogens (tertiary/aromatic N) is 7. The lowest BCUT2D eigenvalue weighted by atomic mass is 9.85. The number of carbonyl (C=O) groups is 4. The third kappa shape index (κ3) is 12.9. The van der Waals surface area contributed by atoms with Crippen molar-refractivity contribution in [2.75, 3.05) is 42.9 Å². The number of likely N-dealkylation sites (tertiary alicyclic amines) is 2. The number of β-amino-alcohol motifs (C(OH)–C–C–N with tert-alkyl or cyclic N) is 1. The second kappa shape index (κ2) is 21.6. The molecular weight excluding hydrogens is 879 g/mol. The molecule has 18 heteroatoms. The first kappa shape index (κ1) is 49.3. The summed E-state index contributed by atoms with van der Waals surface area (Å²) in [6, 6.07) is 9.62. The minimum Gasteiger partial charge on any atom is -0.391 e. The molecule has 0 saturated carbocycles.